The number of nitrogens with zero attached hydrogens (tertiary/aromatic N) is 2. The Balaban J connectivity index is 1.94. The Morgan fingerprint density at radius 1 is 1.23 bits per heavy atom. The smallest absolute Gasteiger partial charge is 0.309 e. The lowest BCUT2D eigenvalue weighted by molar-refractivity contribution is -0.153. The molecule has 0 fully saturated rings. The molecule has 0 spiro atoms. The number of para-hydroxylation sites is 1. The minimum absolute atomic E-state index is 0.185. The average Bonchev–Trinajstić information content (AvgIpc) is 2.87. The molecule has 0 saturated carbocycles. The van der Waals surface area contributed by atoms with Crippen LogP contribution >= 0.6 is 0 Å². The van der Waals surface area contributed by atoms with Crippen LogP contribution in [0.5, 0.6) is 5.88 Å². The highest BCUT2D eigenvalue weighted by Crippen LogP contribution is 2.19. The van der Waals surface area contributed by atoms with E-state index in [1.54, 1.807) is 10.7 Å². The molecule has 7 nitrogen and oxygen atoms in total. The van der Waals surface area contributed by atoms with Gasteiger partial charge in [-0.05, 0) is 19.1 Å². The molecule has 1 heterocycles. The Morgan fingerprint density at radius 2 is 1.95 bits per heavy atom. The topological polar surface area (TPSA) is 90.6 Å². The summed E-state index contributed by atoms with van der Waals surface area (Å²) in [6, 6.07) is 11.1. The maximum absolute atomic E-state index is 11.3. The van der Waals surface area contributed by atoms with Crippen molar-refractivity contribution in [1.82, 2.24) is 9.78 Å². The highest BCUT2D eigenvalue weighted by molar-refractivity contribution is 5.76. The Kier molecular flexibility index (Phi) is 5.13. The van der Waals surface area contributed by atoms with Crippen LogP contribution in [0.4, 0.5) is 0 Å². The van der Waals surface area contributed by atoms with E-state index in [4.69, 9.17) is 14.6 Å². The third kappa shape index (κ3) is 4.34. The van der Waals surface area contributed by atoms with Gasteiger partial charge < -0.3 is 14.6 Å². The molecule has 0 bridgehead atoms. The molecule has 2 rings (SSSR count). The van der Waals surface area contributed by atoms with E-state index in [9.17, 15) is 9.59 Å². The van der Waals surface area contributed by atoms with Crippen LogP contribution in [0.25, 0.3) is 5.69 Å². The summed E-state index contributed by atoms with van der Waals surface area (Å²) in [5.41, 5.74) is 1.58. The van der Waals surface area contributed by atoms with Gasteiger partial charge in [-0.1, -0.05) is 18.2 Å². The van der Waals surface area contributed by atoms with E-state index < -0.39 is 11.9 Å². The van der Waals surface area contributed by atoms with Crippen molar-refractivity contribution in [2.24, 2.45) is 0 Å². The minimum Gasteiger partial charge on any atom is -0.481 e. The van der Waals surface area contributed by atoms with Crippen LogP contribution in [0.1, 0.15) is 18.5 Å². The molecule has 0 saturated heterocycles. The summed E-state index contributed by atoms with van der Waals surface area (Å²) < 4.78 is 11.8. The van der Waals surface area contributed by atoms with E-state index in [2.05, 4.69) is 5.10 Å². The van der Waals surface area contributed by atoms with E-state index in [1.165, 1.54) is 0 Å². The van der Waals surface area contributed by atoms with E-state index >= 15 is 0 Å². The lowest BCUT2D eigenvalue weighted by Crippen LogP contribution is -2.13. The highest BCUT2D eigenvalue weighted by atomic mass is 16.7. The number of esters is 1. The highest BCUT2D eigenvalue weighted by Gasteiger charge is 2.10. The van der Waals surface area contributed by atoms with Crippen molar-refractivity contribution >= 4 is 11.9 Å². The molecule has 1 aromatic heterocycles. The standard InChI is InChI=1S/C15H16N2O5/c1-11-9-13(17(16-11)12-5-3-2-4-6-12)21-10-22-15(20)8-7-14(18)19/h2-6,9H,7-8,10H2,1H3,(H,18,19). The molecule has 116 valence electrons. The van der Waals surface area contributed by atoms with Gasteiger partial charge in [-0.15, -0.1) is 0 Å². The van der Waals surface area contributed by atoms with Gasteiger partial charge in [0.2, 0.25) is 12.7 Å². The summed E-state index contributed by atoms with van der Waals surface area (Å²) in [5, 5.41) is 12.8. The first kappa shape index (κ1) is 15.6. The molecule has 0 atom stereocenters. The van der Waals surface area contributed by atoms with Crippen LogP contribution in [-0.4, -0.2) is 33.6 Å². The molecule has 0 aliphatic heterocycles. The maximum Gasteiger partial charge on any atom is 0.309 e. The van der Waals surface area contributed by atoms with Crippen molar-refractivity contribution in [3.05, 3.63) is 42.1 Å². The van der Waals surface area contributed by atoms with Crippen molar-refractivity contribution in [2.75, 3.05) is 6.79 Å². The Hall–Kier alpha value is -2.83. The van der Waals surface area contributed by atoms with Crippen molar-refractivity contribution in [1.29, 1.82) is 0 Å². The van der Waals surface area contributed by atoms with Gasteiger partial charge >= 0.3 is 11.9 Å². The molecule has 1 aromatic carbocycles. The zero-order chi connectivity index (χ0) is 15.9. The number of benzene rings is 1. The van der Waals surface area contributed by atoms with Gasteiger partial charge in [-0.3, -0.25) is 9.59 Å². The molecule has 0 aliphatic rings. The van der Waals surface area contributed by atoms with Gasteiger partial charge in [0.05, 0.1) is 24.2 Å². The molecule has 22 heavy (non-hydrogen) atoms. The number of carboxylic acid groups (broad SMARTS) is 1. The monoisotopic (exact) mass is 304 g/mol. The maximum atomic E-state index is 11.3. The van der Waals surface area contributed by atoms with Crippen LogP contribution in [0.3, 0.4) is 0 Å². The first-order chi connectivity index (χ1) is 10.6. The number of rotatable bonds is 7. The van der Waals surface area contributed by atoms with Gasteiger partial charge in [-0.2, -0.15) is 5.10 Å². The summed E-state index contributed by atoms with van der Waals surface area (Å²) in [6.45, 7) is 1.53. The molecule has 0 unspecified atom stereocenters. The number of aliphatic carboxylic acids is 1. The Labute approximate surface area is 127 Å². The quantitative estimate of drug-likeness (QED) is 0.621. The first-order valence-corrected chi connectivity index (χ1v) is 6.68. The first-order valence-electron chi connectivity index (χ1n) is 6.68. The van der Waals surface area contributed by atoms with E-state index in [0.29, 0.717) is 5.88 Å². The fourth-order valence-corrected chi connectivity index (χ4v) is 1.77. The molecule has 0 aliphatic carbocycles. The molecule has 0 amide bonds. The molecular formula is C15H16N2O5. The number of hydrogen-bond donors (Lipinski definition) is 1. The van der Waals surface area contributed by atoms with Gasteiger partial charge in [0.25, 0.3) is 0 Å². The van der Waals surface area contributed by atoms with Gasteiger partial charge in [-0.25, -0.2) is 4.68 Å². The summed E-state index contributed by atoms with van der Waals surface area (Å²) in [4.78, 5) is 21.7. The van der Waals surface area contributed by atoms with Crippen LogP contribution in [-0.2, 0) is 14.3 Å². The average molecular weight is 304 g/mol. The summed E-state index contributed by atoms with van der Waals surface area (Å²) in [5.74, 6) is -1.23. The van der Waals surface area contributed by atoms with Crippen LogP contribution in [0, 0.1) is 6.92 Å². The summed E-state index contributed by atoms with van der Waals surface area (Å²) in [6.07, 6.45) is -0.449. The van der Waals surface area contributed by atoms with Crippen LogP contribution < -0.4 is 4.74 Å². The minimum atomic E-state index is -1.05. The number of carbonyl (C=O) groups excluding carboxylic acids is 1. The number of carboxylic acids is 1. The normalized spacial score (nSPS) is 10.2. The third-order valence-corrected chi connectivity index (χ3v) is 2.77. The molecule has 2 aromatic rings. The lowest BCUT2D eigenvalue weighted by atomic mass is 10.3. The third-order valence-electron chi connectivity index (χ3n) is 2.77. The predicted octanol–water partition coefficient (Wildman–Crippen LogP) is 1.93. The van der Waals surface area contributed by atoms with Crippen LogP contribution in [0.15, 0.2) is 36.4 Å². The van der Waals surface area contributed by atoms with Crippen molar-refractivity contribution in [3.8, 4) is 11.6 Å². The largest absolute Gasteiger partial charge is 0.481 e. The van der Waals surface area contributed by atoms with Gasteiger partial charge in [0, 0.05) is 6.07 Å². The second-order valence-electron chi connectivity index (χ2n) is 4.54. The molecule has 0 radical (unpaired) electrons. The second-order valence-corrected chi connectivity index (χ2v) is 4.54. The molecule has 1 N–H and O–H groups in total. The van der Waals surface area contributed by atoms with Crippen molar-refractivity contribution < 1.29 is 24.2 Å². The molecule has 7 heteroatoms. The van der Waals surface area contributed by atoms with Gasteiger partial charge in [0.1, 0.15) is 0 Å². The number of hydrogen-bond acceptors (Lipinski definition) is 5. The summed E-state index contributed by atoms with van der Waals surface area (Å²) >= 11 is 0. The van der Waals surface area contributed by atoms with Crippen LogP contribution in [0.2, 0.25) is 0 Å². The van der Waals surface area contributed by atoms with E-state index in [0.717, 1.165) is 11.4 Å². The summed E-state index contributed by atoms with van der Waals surface area (Å²) in [7, 11) is 0. The van der Waals surface area contributed by atoms with Crippen molar-refractivity contribution in [3.63, 3.8) is 0 Å². The fourth-order valence-electron chi connectivity index (χ4n) is 1.77. The fraction of sp³-hybridized carbons (Fsp3) is 0.267. The Morgan fingerprint density at radius 3 is 2.64 bits per heavy atom. The van der Waals surface area contributed by atoms with E-state index in [-0.39, 0.29) is 19.6 Å². The van der Waals surface area contributed by atoms with E-state index in [1.807, 2.05) is 37.3 Å². The number of carbonyl (C=O) groups is 2. The SMILES string of the molecule is Cc1cc(OCOC(=O)CCC(=O)O)n(-c2ccccc2)n1. The number of ether oxygens (including phenoxy) is 2. The predicted molar refractivity (Wildman–Crippen MR) is 76.8 cm³/mol. The van der Waals surface area contributed by atoms with Gasteiger partial charge in [0.15, 0.2) is 0 Å². The van der Waals surface area contributed by atoms with Crippen molar-refractivity contribution in [2.45, 2.75) is 19.8 Å². The zero-order valence-corrected chi connectivity index (χ0v) is 12.1. The molecular weight excluding hydrogens is 288 g/mol. The number of aromatic nitrogens is 2. The number of aryl methyl sites for hydroxylation is 1. The second kappa shape index (κ2) is 7.26. The zero-order valence-electron chi connectivity index (χ0n) is 12.1. The Bertz CT molecular complexity index is 651. The lowest BCUT2D eigenvalue weighted by Gasteiger charge is -2.09.